The van der Waals surface area contributed by atoms with E-state index >= 15 is 0 Å². The average Bonchev–Trinajstić information content (AvgIpc) is 3.45. The van der Waals surface area contributed by atoms with E-state index in [2.05, 4.69) is 20.6 Å². The summed E-state index contributed by atoms with van der Waals surface area (Å²) < 4.78 is 0. The number of Topliss-reactive ketones (excluding diaryl/α,β-unsaturated/α-hetero) is 1. The quantitative estimate of drug-likeness (QED) is 0.413. The van der Waals surface area contributed by atoms with E-state index in [1.807, 2.05) is 35.7 Å². The maximum absolute atomic E-state index is 12.9. The second-order valence-electron chi connectivity index (χ2n) is 7.09. The summed E-state index contributed by atoms with van der Waals surface area (Å²) in [5.74, 6) is -0.473. The number of amides is 2. The highest BCUT2D eigenvalue weighted by atomic mass is 32.1. The predicted molar refractivity (Wildman–Crippen MR) is 123 cm³/mol. The monoisotopic (exact) mass is 456 g/mol. The maximum Gasteiger partial charge on any atom is 0.263 e. The Balaban J connectivity index is 1.62. The molecular formula is C22H24N4O3S2. The van der Waals surface area contributed by atoms with Crippen LogP contribution in [0.3, 0.4) is 0 Å². The first-order chi connectivity index (χ1) is 15.0. The van der Waals surface area contributed by atoms with Crippen molar-refractivity contribution in [2.45, 2.75) is 45.1 Å². The highest BCUT2D eigenvalue weighted by molar-refractivity contribution is 7.14. The molecule has 0 spiro atoms. The van der Waals surface area contributed by atoms with E-state index in [-0.39, 0.29) is 17.6 Å². The van der Waals surface area contributed by atoms with Crippen LogP contribution >= 0.6 is 22.7 Å². The molecule has 1 atom stereocenters. The van der Waals surface area contributed by atoms with E-state index in [1.54, 1.807) is 12.4 Å². The Kier molecular flexibility index (Phi) is 8.43. The molecule has 162 valence electrons. The van der Waals surface area contributed by atoms with Crippen LogP contribution in [-0.4, -0.2) is 33.6 Å². The van der Waals surface area contributed by atoms with Crippen molar-refractivity contribution in [3.05, 3.63) is 52.3 Å². The van der Waals surface area contributed by atoms with Gasteiger partial charge in [0.05, 0.1) is 17.4 Å². The SMILES string of the molecule is CC(=O)CCCCC[C@H](NC(=O)c1cncs1)C(=O)Nc1nc(-c2ccccc2)cs1. The molecule has 0 radical (unpaired) electrons. The molecule has 0 saturated heterocycles. The average molecular weight is 457 g/mol. The molecule has 7 nitrogen and oxygen atoms in total. The molecule has 2 heterocycles. The van der Waals surface area contributed by atoms with E-state index in [1.165, 1.54) is 28.9 Å². The van der Waals surface area contributed by atoms with Crippen LogP contribution in [0.15, 0.2) is 47.4 Å². The zero-order valence-corrected chi connectivity index (χ0v) is 18.8. The van der Waals surface area contributed by atoms with Gasteiger partial charge < -0.3 is 15.4 Å². The molecule has 0 unspecified atom stereocenters. The molecule has 0 saturated carbocycles. The summed E-state index contributed by atoms with van der Waals surface area (Å²) >= 11 is 2.56. The topological polar surface area (TPSA) is 101 Å². The highest BCUT2D eigenvalue weighted by Crippen LogP contribution is 2.25. The number of carbonyl (C=O) groups excluding carboxylic acids is 3. The number of unbranched alkanes of at least 4 members (excludes halogenated alkanes) is 2. The van der Waals surface area contributed by atoms with Gasteiger partial charge in [-0.25, -0.2) is 4.98 Å². The Hall–Kier alpha value is -2.91. The van der Waals surface area contributed by atoms with E-state index in [4.69, 9.17) is 0 Å². The van der Waals surface area contributed by atoms with E-state index in [9.17, 15) is 14.4 Å². The lowest BCUT2D eigenvalue weighted by Gasteiger charge is -2.17. The summed E-state index contributed by atoms with van der Waals surface area (Å²) in [6, 6.07) is 9.02. The van der Waals surface area contributed by atoms with E-state index in [0.717, 1.165) is 30.5 Å². The summed E-state index contributed by atoms with van der Waals surface area (Å²) in [5.41, 5.74) is 3.34. The standard InChI is InChI=1S/C22H24N4O3S2/c1-15(27)8-4-2-7-11-17(24-21(29)19-12-23-14-31-19)20(28)26-22-25-18(13-30-22)16-9-5-3-6-10-16/h3,5-6,9-10,12-14,17H,2,4,7-8,11H2,1H3,(H,24,29)(H,25,26,28)/t17-/m0/s1. The van der Waals surface area contributed by atoms with Crippen LogP contribution < -0.4 is 10.6 Å². The third-order valence-corrected chi connectivity index (χ3v) is 6.13. The number of carbonyl (C=O) groups is 3. The van der Waals surface area contributed by atoms with Gasteiger partial charge in [-0.1, -0.05) is 43.2 Å². The molecule has 0 fully saturated rings. The fourth-order valence-corrected chi connectivity index (χ4v) is 4.24. The minimum atomic E-state index is -0.698. The summed E-state index contributed by atoms with van der Waals surface area (Å²) in [5, 5.41) is 8.01. The summed E-state index contributed by atoms with van der Waals surface area (Å²) in [7, 11) is 0. The van der Waals surface area contributed by atoms with Gasteiger partial charge in [0.15, 0.2) is 5.13 Å². The second kappa shape index (κ2) is 11.5. The van der Waals surface area contributed by atoms with Crippen molar-refractivity contribution in [1.82, 2.24) is 15.3 Å². The number of rotatable bonds is 11. The summed E-state index contributed by atoms with van der Waals surface area (Å²) in [6.07, 6.45) is 4.81. The number of thiazole rings is 2. The van der Waals surface area contributed by atoms with Crippen molar-refractivity contribution < 1.29 is 14.4 Å². The first-order valence-electron chi connectivity index (χ1n) is 10.0. The van der Waals surface area contributed by atoms with Crippen LogP contribution in [0.4, 0.5) is 5.13 Å². The Labute approximate surface area is 188 Å². The molecule has 0 aliphatic heterocycles. The molecule has 0 aliphatic rings. The van der Waals surface area contributed by atoms with Crippen LogP contribution in [0, 0.1) is 0 Å². The molecule has 2 N–H and O–H groups in total. The number of aromatic nitrogens is 2. The van der Waals surface area contributed by atoms with Crippen LogP contribution in [-0.2, 0) is 9.59 Å². The zero-order valence-electron chi connectivity index (χ0n) is 17.2. The van der Waals surface area contributed by atoms with Crippen LogP contribution in [0.1, 0.15) is 48.7 Å². The van der Waals surface area contributed by atoms with Crippen molar-refractivity contribution >= 4 is 45.4 Å². The number of hydrogen-bond donors (Lipinski definition) is 2. The van der Waals surface area contributed by atoms with Crippen LogP contribution in [0.25, 0.3) is 11.3 Å². The molecule has 2 amide bonds. The second-order valence-corrected chi connectivity index (χ2v) is 8.83. The summed E-state index contributed by atoms with van der Waals surface area (Å²) in [4.78, 5) is 45.3. The van der Waals surface area contributed by atoms with Gasteiger partial charge in [-0.2, -0.15) is 0 Å². The largest absolute Gasteiger partial charge is 0.339 e. The first kappa shape index (κ1) is 22.8. The predicted octanol–water partition coefficient (Wildman–Crippen LogP) is 4.54. The number of benzene rings is 1. The smallest absolute Gasteiger partial charge is 0.263 e. The van der Waals surface area contributed by atoms with Gasteiger partial charge in [0.1, 0.15) is 16.7 Å². The molecule has 9 heteroatoms. The van der Waals surface area contributed by atoms with E-state index < -0.39 is 6.04 Å². The summed E-state index contributed by atoms with van der Waals surface area (Å²) in [6.45, 7) is 1.57. The third-order valence-electron chi connectivity index (χ3n) is 4.60. The molecular weight excluding hydrogens is 432 g/mol. The van der Waals surface area contributed by atoms with Gasteiger partial charge >= 0.3 is 0 Å². The van der Waals surface area contributed by atoms with Crippen molar-refractivity contribution in [3.63, 3.8) is 0 Å². The van der Waals surface area contributed by atoms with Crippen molar-refractivity contribution in [2.75, 3.05) is 5.32 Å². The Morgan fingerprint density at radius 3 is 2.58 bits per heavy atom. The van der Waals surface area contributed by atoms with Crippen molar-refractivity contribution in [2.24, 2.45) is 0 Å². The number of nitrogens with zero attached hydrogens (tertiary/aromatic N) is 2. The van der Waals surface area contributed by atoms with E-state index in [0.29, 0.717) is 22.9 Å². The van der Waals surface area contributed by atoms with Crippen LogP contribution in [0.5, 0.6) is 0 Å². The number of nitrogens with one attached hydrogen (secondary N) is 2. The number of hydrogen-bond acceptors (Lipinski definition) is 7. The van der Waals surface area contributed by atoms with Gasteiger partial charge in [-0.3, -0.25) is 14.6 Å². The molecule has 0 bridgehead atoms. The molecule has 3 rings (SSSR count). The van der Waals surface area contributed by atoms with Gasteiger partial charge in [0, 0.05) is 17.4 Å². The van der Waals surface area contributed by atoms with Gasteiger partial charge in [0.2, 0.25) is 5.91 Å². The molecule has 3 aromatic rings. The lowest BCUT2D eigenvalue weighted by molar-refractivity contribution is -0.118. The van der Waals surface area contributed by atoms with Gasteiger partial charge in [-0.05, 0) is 19.8 Å². The third kappa shape index (κ3) is 7.08. The Morgan fingerprint density at radius 1 is 1.06 bits per heavy atom. The number of anilines is 1. The molecule has 31 heavy (non-hydrogen) atoms. The normalized spacial score (nSPS) is 11.6. The minimum absolute atomic E-state index is 0.158. The highest BCUT2D eigenvalue weighted by Gasteiger charge is 2.23. The fourth-order valence-electron chi connectivity index (χ4n) is 2.99. The Morgan fingerprint density at radius 2 is 1.87 bits per heavy atom. The lowest BCUT2D eigenvalue weighted by Crippen LogP contribution is -2.43. The lowest BCUT2D eigenvalue weighted by atomic mass is 10.1. The van der Waals surface area contributed by atoms with Crippen molar-refractivity contribution in [3.8, 4) is 11.3 Å². The fraction of sp³-hybridized carbons (Fsp3) is 0.318. The Bertz CT molecular complexity index is 1000. The van der Waals surface area contributed by atoms with Crippen LogP contribution in [0.2, 0.25) is 0 Å². The zero-order chi connectivity index (χ0) is 22.1. The van der Waals surface area contributed by atoms with Gasteiger partial charge in [-0.15, -0.1) is 22.7 Å². The number of ketones is 1. The minimum Gasteiger partial charge on any atom is -0.339 e. The molecule has 2 aromatic heterocycles. The first-order valence-corrected chi connectivity index (χ1v) is 11.8. The molecule has 1 aromatic carbocycles. The van der Waals surface area contributed by atoms with Gasteiger partial charge in [0.25, 0.3) is 5.91 Å². The molecule has 0 aliphatic carbocycles. The maximum atomic E-state index is 12.9. The van der Waals surface area contributed by atoms with Crippen molar-refractivity contribution in [1.29, 1.82) is 0 Å².